The second kappa shape index (κ2) is 23.0. The van der Waals surface area contributed by atoms with Crippen molar-refractivity contribution in [2.75, 3.05) is 32.5 Å². The first kappa shape index (κ1) is 48.9. The molecule has 3 N–H and O–H groups in total. The summed E-state index contributed by atoms with van der Waals surface area (Å²) < 4.78 is 25.2. The maximum Gasteiger partial charge on any atom is 0.263 e. The van der Waals surface area contributed by atoms with Gasteiger partial charge in [-0.2, -0.15) is 0 Å². The van der Waals surface area contributed by atoms with E-state index in [9.17, 15) is 8.78 Å². The Kier molecular flexibility index (Phi) is 18.1. The largest absolute Gasteiger partial charge is 0.379 e. The first-order valence-electron chi connectivity index (χ1n) is 21.2. The maximum absolute atomic E-state index is 11.3. The highest BCUT2D eigenvalue weighted by Gasteiger charge is 2.29. The number of hydrogen-bond acceptors (Lipinski definition) is 10. The Hall–Kier alpha value is -4.14. The Morgan fingerprint density at radius 3 is 1.63 bits per heavy atom. The van der Waals surface area contributed by atoms with E-state index in [1.54, 1.807) is 21.8 Å². The average molecular weight is 913 g/mol. The van der Waals surface area contributed by atoms with Crippen LogP contribution in [0.1, 0.15) is 65.9 Å². The van der Waals surface area contributed by atoms with E-state index in [0.29, 0.717) is 18.2 Å². The maximum atomic E-state index is 11.3. The summed E-state index contributed by atoms with van der Waals surface area (Å²) in [4.78, 5) is 19.7. The van der Waals surface area contributed by atoms with Crippen LogP contribution in [0.15, 0.2) is 105 Å². The summed E-state index contributed by atoms with van der Waals surface area (Å²) in [6.45, 7) is 23.3. The number of halogens is 2. The van der Waals surface area contributed by atoms with Gasteiger partial charge in [0, 0.05) is 78.0 Å². The number of nitrogens with one attached hydrogen (secondary N) is 1. The fraction of sp³-hybridized carbons (Fsp3) is 0.360. The van der Waals surface area contributed by atoms with Crippen LogP contribution in [0.2, 0.25) is 0 Å². The van der Waals surface area contributed by atoms with Crippen molar-refractivity contribution in [1.82, 2.24) is 19.8 Å². The summed E-state index contributed by atoms with van der Waals surface area (Å²) in [6, 6.07) is 29.0. The number of hydrogen-bond donors (Lipinski definition) is 2. The molecule has 6 nitrogen and oxygen atoms in total. The van der Waals surface area contributed by atoms with Crippen molar-refractivity contribution >= 4 is 70.8 Å². The molecule has 9 rings (SSSR count). The summed E-state index contributed by atoms with van der Waals surface area (Å²) in [5, 5.41) is 7.04. The van der Waals surface area contributed by atoms with Crippen LogP contribution in [0.25, 0.3) is 41.6 Å². The SMILES string of the molecule is C=C.C=CC(C)(F)F.CC(C)N1CCc2c(sc(CCc3ccccc3)c2-c2nc3ccccc3s2)C1.CN.CNc1sc2c(c1-c1nc3ccccc3s1)CCN(C(C)C)C2. The molecule has 0 fully saturated rings. The smallest absolute Gasteiger partial charge is 0.263 e. The average Bonchev–Trinajstić information content (AvgIpc) is 4.09. The molecule has 0 aliphatic carbocycles. The third-order valence-corrected chi connectivity index (χ3v) is 15.4. The first-order valence-corrected chi connectivity index (χ1v) is 24.5. The van der Waals surface area contributed by atoms with Gasteiger partial charge in [-0.25, -0.2) is 18.7 Å². The van der Waals surface area contributed by atoms with E-state index in [0.717, 1.165) is 74.8 Å². The van der Waals surface area contributed by atoms with Gasteiger partial charge in [0.2, 0.25) is 0 Å². The minimum absolute atomic E-state index is 0.601. The lowest BCUT2D eigenvalue weighted by molar-refractivity contribution is 0.0779. The van der Waals surface area contributed by atoms with Crippen LogP contribution >= 0.6 is 45.3 Å². The Morgan fingerprint density at radius 1 is 0.710 bits per heavy atom. The van der Waals surface area contributed by atoms with E-state index in [1.165, 1.54) is 58.5 Å². The van der Waals surface area contributed by atoms with Gasteiger partial charge in [-0.3, -0.25) is 9.80 Å². The lowest BCUT2D eigenvalue weighted by atomic mass is 9.99. The molecule has 330 valence electrons. The van der Waals surface area contributed by atoms with Crippen molar-refractivity contribution in [2.45, 2.75) is 91.4 Å². The monoisotopic (exact) mass is 912 g/mol. The fourth-order valence-electron chi connectivity index (χ4n) is 7.47. The van der Waals surface area contributed by atoms with E-state index in [4.69, 9.17) is 9.97 Å². The van der Waals surface area contributed by atoms with Crippen LogP contribution < -0.4 is 11.1 Å². The molecular weight excluding hydrogens is 851 g/mol. The van der Waals surface area contributed by atoms with Crippen molar-refractivity contribution in [3.05, 3.63) is 136 Å². The molecule has 0 unspecified atom stereocenters. The van der Waals surface area contributed by atoms with Crippen LogP contribution in [-0.4, -0.2) is 65.0 Å². The highest BCUT2D eigenvalue weighted by atomic mass is 32.1. The predicted octanol–water partition coefficient (Wildman–Crippen LogP) is 13.6. The van der Waals surface area contributed by atoms with Gasteiger partial charge in [0.1, 0.15) is 10.0 Å². The molecule has 0 saturated carbocycles. The summed E-state index contributed by atoms with van der Waals surface area (Å²) in [6.07, 6.45) is 5.05. The summed E-state index contributed by atoms with van der Waals surface area (Å²) in [5.74, 6) is -2.69. The Labute approximate surface area is 383 Å². The fourth-order valence-corrected chi connectivity index (χ4v) is 12.3. The number of aromatic nitrogens is 2. The van der Waals surface area contributed by atoms with Gasteiger partial charge in [0.25, 0.3) is 5.92 Å². The van der Waals surface area contributed by atoms with Crippen LogP contribution in [0.4, 0.5) is 13.8 Å². The van der Waals surface area contributed by atoms with Gasteiger partial charge in [0.15, 0.2) is 0 Å². The number of thiazole rings is 2. The number of aryl methyl sites for hydroxylation is 2. The lowest BCUT2D eigenvalue weighted by Crippen LogP contribution is -2.35. The van der Waals surface area contributed by atoms with Crippen LogP contribution in [0.3, 0.4) is 0 Å². The first-order chi connectivity index (χ1) is 29.9. The van der Waals surface area contributed by atoms with Gasteiger partial charge < -0.3 is 11.1 Å². The molecule has 0 radical (unpaired) electrons. The highest BCUT2D eigenvalue weighted by molar-refractivity contribution is 7.23. The van der Waals surface area contributed by atoms with Crippen molar-refractivity contribution in [3.63, 3.8) is 0 Å². The normalized spacial score (nSPS) is 13.7. The number of nitrogens with two attached hydrogens (primary N) is 1. The van der Waals surface area contributed by atoms with Crippen LogP contribution in [0, 0.1) is 0 Å². The number of para-hydroxylation sites is 2. The Bertz CT molecular complexity index is 2410. The standard InChI is InChI=1S/C25H26N2S2.C18H21N3S2.C4H6F2.C2H4.CH5N/c1-17(2)27-15-14-19-23(16-27)28-22(13-12-18-8-4-3-5-9-18)24(19)25-26-20-10-6-7-11-21(20)29-25;1-11(2)21-9-8-12-15(10-21)23-17(19-3)16(12)18-20-13-6-4-5-7-14(13)22-18;1-3-4(2,5)6;2*1-2/h3-11,17H,12-16H2,1-2H3;4-7,11,19H,8-10H2,1-3H3;3H,1H2,2H3;1-2H2;2H2,1H3. The zero-order valence-electron chi connectivity index (χ0n) is 37.3. The van der Waals surface area contributed by atoms with E-state index < -0.39 is 5.92 Å². The number of anilines is 1. The Balaban J connectivity index is 0.000000197. The Morgan fingerprint density at radius 2 is 1.16 bits per heavy atom. The molecule has 6 heterocycles. The number of rotatable bonds is 9. The molecule has 12 heteroatoms. The number of fused-ring (bicyclic) bond motifs is 4. The van der Waals surface area contributed by atoms with Crippen LogP contribution in [-0.2, 0) is 38.8 Å². The number of allylic oxidation sites excluding steroid dienone is 1. The zero-order chi connectivity index (χ0) is 45.0. The third kappa shape index (κ3) is 12.1. The van der Waals surface area contributed by atoms with Gasteiger partial charge in [-0.15, -0.1) is 58.5 Å². The van der Waals surface area contributed by atoms with Gasteiger partial charge in [-0.1, -0.05) is 61.2 Å². The van der Waals surface area contributed by atoms with Gasteiger partial charge in [-0.05, 0) is 107 Å². The quantitative estimate of drug-likeness (QED) is 0.141. The predicted molar refractivity (Wildman–Crippen MR) is 270 cm³/mol. The zero-order valence-corrected chi connectivity index (χ0v) is 40.5. The third-order valence-electron chi connectivity index (χ3n) is 10.8. The molecule has 4 aromatic heterocycles. The molecule has 0 spiro atoms. The molecule has 2 aliphatic rings. The molecule has 0 atom stereocenters. The van der Waals surface area contributed by atoms with E-state index in [1.807, 2.05) is 41.1 Å². The molecule has 0 bridgehead atoms. The summed E-state index contributed by atoms with van der Waals surface area (Å²) in [5.41, 5.74) is 14.0. The molecule has 0 amide bonds. The number of thiophene rings is 2. The van der Waals surface area contributed by atoms with Crippen molar-refractivity contribution in [2.24, 2.45) is 5.73 Å². The molecule has 7 aromatic rings. The number of benzene rings is 3. The molecule has 0 saturated heterocycles. The topological polar surface area (TPSA) is 70.3 Å². The van der Waals surface area contributed by atoms with Crippen LogP contribution in [0.5, 0.6) is 0 Å². The second-order valence-electron chi connectivity index (χ2n) is 15.5. The lowest BCUT2D eigenvalue weighted by Gasteiger charge is -2.30. The number of nitrogens with zero attached hydrogens (tertiary/aromatic N) is 4. The number of alkyl halides is 2. The van der Waals surface area contributed by atoms with Crippen molar-refractivity contribution < 1.29 is 8.78 Å². The minimum atomic E-state index is -2.69. The minimum Gasteiger partial charge on any atom is -0.379 e. The van der Waals surface area contributed by atoms with E-state index >= 15 is 0 Å². The molecular formula is C50H62F2N6S4. The van der Waals surface area contributed by atoms with Crippen molar-refractivity contribution in [1.29, 1.82) is 0 Å². The van der Waals surface area contributed by atoms with Crippen molar-refractivity contribution in [3.8, 4) is 21.1 Å². The van der Waals surface area contributed by atoms with Gasteiger partial charge >= 0.3 is 0 Å². The van der Waals surface area contributed by atoms with E-state index in [-0.39, 0.29) is 0 Å². The second-order valence-corrected chi connectivity index (χ2v) is 19.9. The highest BCUT2D eigenvalue weighted by Crippen LogP contribution is 2.46. The van der Waals surface area contributed by atoms with E-state index in [2.05, 4.69) is 147 Å². The summed E-state index contributed by atoms with van der Waals surface area (Å²) in [7, 11) is 3.52. The molecule has 3 aromatic carbocycles. The molecule has 2 aliphatic heterocycles. The van der Waals surface area contributed by atoms with Gasteiger partial charge in [0.05, 0.1) is 25.4 Å². The summed E-state index contributed by atoms with van der Waals surface area (Å²) >= 11 is 7.59. The molecule has 62 heavy (non-hydrogen) atoms.